The standard InChI is InChI=1S/C21H26F6N2O3/c1-12(14-7-15(20(22,23)24)9-16(8-14)21(25,26)27)31-11-18(3)5-6-19(10-29(18)4)13(2)32-17(30)28-19/h7-9,12-13H,5-6,10-11H2,1-4H3,(H,28,30). The SMILES string of the molecule is CC(OCC1(C)CCC2(CN1C)NC(=O)OC2C)c1cc(C(F)(F)F)cc(C(F)(F)F)c1. The first-order chi connectivity index (χ1) is 14.6. The average Bonchev–Trinajstić information content (AvgIpc) is 2.94. The van der Waals surface area contributed by atoms with Gasteiger partial charge in [-0.3, -0.25) is 4.90 Å². The second-order valence-corrected chi connectivity index (χ2v) is 8.97. The van der Waals surface area contributed by atoms with E-state index < -0.39 is 46.8 Å². The summed E-state index contributed by atoms with van der Waals surface area (Å²) in [5.41, 5.74) is -4.00. The predicted molar refractivity (Wildman–Crippen MR) is 103 cm³/mol. The fourth-order valence-corrected chi connectivity index (χ4v) is 4.21. The van der Waals surface area contributed by atoms with Crippen molar-refractivity contribution in [3.05, 3.63) is 34.9 Å². The van der Waals surface area contributed by atoms with Crippen LogP contribution in [-0.2, 0) is 21.8 Å². The zero-order valence-corrected chi connectivity index (χ0v) is 18.2. The third-order valence-corrected chi connectivity index (χ3v) is 6.69. The quantitative estimate of drug-likeness (QED) is 0.621. The molecule has 4 atom stereocenters. The number of nitrogens with zero attached hydrogens (tertiary/aromatic N) is 1. The van der Waals surface area contributed by atoms with E-state index in [1.807, 2.05) is 18.9 Å². The molecule has 4 unspecified atom stereocenters. The minimum atomic E-state index is -4.91. The molecule has 32 heavy (non-hydrogen) atoms. The number of piperidine rings is 1. The fraction of sp³-hybridized carbons (Fsp3) is 0.667. The van der Waals surface area contributed by atoms with Crippen LogP contribution < -0.4 is 5.32 Å². The summed E-state index contributed by atoms with van der Waals surface area (Å²) in [6.45, 7) is 5.69. The van der Waals surface area contributed by atoms with Gasteiger partial charge in [-0.05, 0) is 64.4 Å². The van der Waals surface area contributed by atoms with Gasteiger partial charge in [0.05, 0.1) is 29.4 Å². The zero-order chi connectivity index (χ0) is 24.1. The van der Waals surface area contributed by atoms with Crippen LogP contribution in [0, 0.1) is 0 Å². The van der Waals surface area contributed by atoms with E-state index in [4.69, 9.17) is 9.47 Å². The second-order valence-electron chi connectivity index (χ2n) is 8.97. The van der Waals surface area contributed by atoms with Crippen molar-refractivity contribution in [2.24, 2.45) is 0 Å². The number of hydrogen-bond donors (Lipinski definition) is 1. The number of likely N-dealkylation sites (N-methyl/N-ethyl adjacent to an activating group) is 1. The number of nitrogens with one attached hydrogen (secondary N) is 1. The number of halogens is 6. The fourth-order valence-electron chi connectivity index (χ4n) is 4.21. The molecule has 2 aliphatic heterocycles. The van der Waals surface area contributed by atoms with E-state index in [0.29, 0.717) is 31.5 Å². The molecule has 180 valence electrons. The molecule has 0 saturated carbocycles. The molecule has 2 fully saturated rings. The molecular weight excluding hydrogens is 442 g/mol. The summed E-state index contributed by atoms with van der Waals surface area (Å²) in [6.07, 6.45) is -10.4. The van der Waals surface area contributed by atoms with Crippen LogP contribution in [0.15, 0.2) is 18.2 Å². The minimum Gasteiger partial charge on any atom is -0.444 e. The van der Waals surface area contributed by atoms with Crippen molar-refractivity contribution in [1.82, 2.24) is 10.2 Å². The third kappa shape index (κ3) is 4.83. The molecule has 11 heteroatoms. The maximum Gasteiger partial charge on any atom is 0.416 e. The van der Waals surface area contributed by atoms with Gasteiger partial charge in [0.15, 0.2) is 0 Å². The molecule has 1 spiro atoms. The molecule has 1 aromatic carbocycles. The Labute approximate surface area is 182 Å². The van der Waals surface area contributed by atoms with Crippen LogP contribution in [-0.4, -0.2) is 48.4 Å². The lowest BCUT2D eigenvalue weighted by molar-refractivity contribution is -0.143. The number of rotatable bonds is 4. The molecule has 2 saturated heterocycles. The van der Waals surface area contributed by atoms with Crippen LogP contribution in [0.3, 0.4) is 0 Å². The van der Waals surface area contributed by atoms with Gasteiger partial charge in [0.25, 0.3) is 0 Å². The van der Waals surface area contributed by atoms with Crippen LogP contribution >= 0.6 is 0 Å². The van der Waals surface area contributed by atoms with Gasteiger partial charge in [0.1, 0.15) is 6.10 Å². The predicted octanol–water partition coefficient (Wildman–Crippen LogP) is 5.15. The Morgan fingerprint density at radius 1 is 1.16 bits per heavy atom. The summed E-state index contributed by atoms with van der Waals surface area (Å²) < 4.78 is 89.8. The highest BCUT2D eigenvalue weighted by molar-refractivity contribution is 5.71. The summed E-state index contributed by atoms with van der Waals surface area (Å²) in [5, 5.41) is 2.86. The van der Waals surface area contributed by atoms with Crippen LogP contribution in [0.25, 0.3) is 0 Å². The summed E-state index contributed by atoms with van der Waals surface area (Å²) in [5.74, 6) is 0. The smallest absolute Gasteiger partial charge is 0.416 e. The number of carbonyl (C=O) groups excluding carboxylic acids is 1. The van der Waals surface area contributed by atoms with E-state index in [9.17, 15) is 31.1 Å². The molecule has 1 aromatic rings. The Morgan fingerprint density at radius 2 is 1.72 bits per heavy atom. The number of amides is 1. The first-order valence-corrected chi connectivity index (χ1v) is 10.2. The molecule has 5 nitrogen and oxygen atoms in total. The monoisotopic (exact) mass is 468 g/mol. The van der Waals surface area contributed by atoms with Gasteiger partial charge in [0, 0.05) is 12.1 Å². The molecule has 1 N–H and O–H groups in total. The number of benzene rings is 1. The molecule has 2 heterocycles. The summed E-state index contributed by atoms with van der Waals surface area (Å²) in [4.78, 5) is 13.6. The van der Waals surface area contributed by atoms with Crippen molar-refractivity contribution in [2.75, 3.05) is 20.2 Å². The highest BCUT2D eigenvalue weighted by Crippen LogP contribution is 2.40. The van der Waals surface area contributed by atoms with E-state index >= 15 is 0 Å². The number of hydrogen-bond acceptors (Lipinski definition) is 4. The van der Waals surface area contributed by atoms with Crippen molar-refractivity contribution in [1.29, 1.82) is 0 Å². The van der Waals surface area contributed by atoms with Gasteiger partial charge in [-0.15, -0.1) is 0 Å². The van der Waals surface area contributed by atoms with Gasteiger partial charge >= 0.3 is 18.4 Å². The number of carbonyl (C=O) groups is 1. The Balaban J connectivity index is 1.74. The number of cyclic esters (lactones) is 1. The summed E-state index contributed by atoms with van der Waals surface area (Å²) in [7, 11) is 1.83. The lowest BCUT2D eigenvalue weighted by Gasteiger charge is -2.50. The second kappa shape index (κ2) is 8.09. The molecule has 0 bridgehead atoms. The number of likely N-dealkylation sites (tertiary alicyclic amines) is 1. The first-order valence-electron chi connectivity index (χ1n) is 10.2. The van der Waals surface area contributed by atoms with Crippen molar-refractivity contribution in [3.8, 4) is 0 Å². The van der Waals surface area contributed by atoms with Crippen LogP contribution in [0.1, 0.15) is 56.4 Å². The van der Waals surface area contributed by atoms with Crippen molar-refractivity contribution in [2.45, 2.75) is 69.3 Å². The lowest BCUT2D eigenvalue weighted by atomic mass is 9.77. The van der Waals surface area contributed by atoms with Crippen LogP contribution in [0.2, 0.25) is 0 Å². The molecule has 0 aliphatic carbocycles. The maximum absolute atomic E-state index is 13.1. The van der Waals surface area contributed by atoms with E-state index in [0.717, 1.165) is 0 Å². The van der Waals surface area contributed by atoms with E-state index in [1.54, 1.807) is 6.92 Å². The van der Waals surface area contributed by atoms with E-state index in [-0.39, 0.29) is 24.3 Å². The van der Waals surface area contributed by atoms with Gasteiger partial charge in [0.2, 0.25) is 0 Å². The Bertz CT molecular complexity index is 842. The highest BCUT2D eigenvalue weighted by Gasteiger charge is 2.52. The van der Waals surface area contributed by atoms with Crippen molar-refractivity contribution in [3.63, 3.8) is 0 Å². The number of alkyl halides is 6. The molecule has 3 rings (SSSR count). The minimum absolute atomic E-state index is 0.0848. The highest BCUT2D eigenvalue weighted by atomic mass is 19.4. The Morgan fingerprint density at radius 3 is 2.16 bits per heavy atom. The Kier molecular flexibility index (Phi) is 6.23. The van der Waals surface area contributed by atoms with E-state index in [2.05, 4.69) is 5.32 Å². The zero-order valence-electron chi connectivity index (χ0n) is 18.2. The summed E-state index contributed by atoms with van der Waals surface area (Å²) >= 11 is 0. The molecule has 0 aromatic heterocycles. The number of ether oxygens (including phenoxy) is 2. The lowest BCUT2D eigenvalue weighted by Crippen LogP contribution is -2.65. The topological polar surface area (TPSA) is 50.8 Å². The molecule has 2 aliphatic rings. The largest absolute Gasteiger partial charge is 0.444 e. The average molecular weight is 468 g/mol. The van der Waals surface area contributed by atoms with Gasteiger partial charge in [-0.1, -0.05) is 0 Å². The molecule has 0 radical (unpaired) electrons. The molecular formula is C21H26F6N2O3. The van der Waals surface area contributed by atoms with Crippen molar-refractivity contribution < 1.29 is 40.6 Å². The first kappa shape index (κ1) is 24.6. The molecule has 1 amide bonds. The van der Waals surface area contributed by atoms with Crippen molar-refractivity contribution >= 4 is 6.09 Å². The van der Waals surface area contributed by atoms with Gasteiger partial charge in [-0.2, -0.15) is 26.3 Å². The number of alkyl carbamates (subject to hydrolysis) is 1. The van der Waals surface area contributed by atoms with Gasteiger partial charge in [-0.25, -0.2) is 4.79 Å². The van der Waals surface area contributed by atoms with Crippen LogP contribution in [0.5, 0.6) is 0 Å². The summed E-state index contributed by atoms with van der Waals surface area (Å²) in [6, 6.07) is 1.48. The maximum atomic E-state index is 13.1. The van der Waals surface area contributed by atoms with E-state index in [1.165, 1.54) is 6.92 Å². The van der Waals surface area contributed by atoms with Crippen LogP contribution in [0.4, 0.5) is 31.1 Å². The Hall–Kier alpha value is -2.01. The third-order valence-electron chi connectivity index (χ3n) is 6.69. The normalized spacial score (nSPS) is 30.3. The van der Waals surface area contributed by atoms with Gasteiger partial charge < -0.3 is 14.8 Å².